The molecule has 2 aliphatic heterocycles. The van der Waals surface area contributed by atoms with Crippen LogP contribution in [0.4, 0.5) is 23.4 Å². The summed E-state index contributed by atoms with van der Waals surface area (Å²) in [7, 11) is 0. The molecule has 2 saturated heterocycles. The van der Waals surface area contributed by atoms with Gasteiger partial charge in [-0.25, -0.2) is 14.4 Å². The van der Waals surface area contributed by atoms with Gasteiger partial charge in [0.15, 0.2) is 0 Å². The highest BCUT2D eigenvalue weighted by Crippen LogP contribution is 2.43. The van der Waals surface area contributed by atoms with Crippen molar-refractivity contribution in [1.29, 1.82) is 0 Å². The van der Waals surface area contributed by atoms with Crippen molar-refractivity contribution in [2.75, 3.05) is 50.8 Å². The average Bonchev–Trinajstić information content (AvgIpc) is 3.22. The first-order valence-corrected chi connectivity index (χ1v) is 13.4. The molecule has 0 radical (unpaired) electrons. The van der Waals surface area contributed by atoms with Gasteiger partial charge in [0.1, 0.15) is 18.0 Å². The van der Waals surface area contributed by atoms with Crippen LogP contribution in [0.1, 0.15) is 66.5 Å². The van der Waals surface area contributed by atoms with E-state index in [0.717, 1.165) is 30.3 Å². The van der Waals surface area contributed by atoms with Crippen molar-refractivity contribution in [3.8, 4) is 0 Å². The molecule has 0 spiro atoms. The molecule has 2 aromatic rings. The normalized spacial score (nSPS) is 23.1. The lowest BCUT2D eigenvalue weighted by Crippen LogP contribution is -2.52. The van der Waals surface area contributed by atoms with E-state index >= 15 is 0 Å². The zero-order valence-electron chi connectivity index (χ0n) is 21.8. The molecule has 2 N–H and O–H groups in total. The number of carbonyl (C=O) groups is 1. The molecule has 1 aromatic carbocycles. The molecule has 1 unspecified atom stereocenters. The number of hydrogen-bond donors (Lipinski definition) is 2. The third kappa shape index (κ3) is 5.87. The van der Waals surface area contributed by atoms with Gasteiger partial charge in [-0.15, -0.1) is 0 Å². The van der Waals surface area contributed by atoms with Gasteiger partial charge in [-0.1, -0.05) is 13.0 Å². The fraction of sp³-hybridized carbons (Fsp3) is 0.593. The zero-order valence-corrected chi connectivity index (χ0v) is 21.8. The molecule has 1 aliphatic carbocycles. The fourth-order valence-corrected chi connectivity index (χ4v) is 5.83. The minimum absolute atomic E-state index is 0.112. The molecule has 212 valence electrons. The van der Waals surface area contributed by atoms with Crippen LogP contribution in [0.15, 0.2) is 24.5 Å². The van der Waals surface area contributed by atoms with Crippen LogP contribution in [-0.4, -0.2) is 77.9 Å². The minimum Gasteiger partial charge on any atom is -0.387 e. The summed E-state index contributed by atoms with van der Waals surface area (Å²) < 4.78 is 59.4. The van der Waals surface area contributed by atoms with E-state index in [1.807, 2.05) is 6.92 Å². The predicted molar refractivity (Wildman–Crippen MR) is 135 cm³/mol. The van der Waals surface area contributed by atoms with Crippen molar-refractivity contribution < 1.29 is 32.2 Å². The highest BCUT2D eigenvalue weighted by atomic mass is 19.4. The molecule has 1 amide bonds. The number of piperazine rings is 1. The third-order valence-electron chi connectivity index (χ3n) is 8.00. The Kier molecular flexibility index (Phi) is 8.06. The van der Waals surface area contributed by atoms with Gasteiger partial charge in [0.25, 0.3) is 0 Å². The highest BCUT2D eigenvalue weighted by Gasteiger charge is 2.37. The van der Waals surface area contributed by atoms with E-state index in [0.29, 0.717) is 57.6 Å². The summed E-state index contributed by atoms with van der Waals surface area (Å²) in [4.78, 5) is 26.2. The van der Waals surface area contributed by atoms with E-state index in [-0.39, 0.29) is 30.0 Å². The standard InChI is InChI=1S/C27H33F4N5O3/c1-16-12-22(37)24-23(16)25(34-15-33-24)35-6-8-36(9-7-35)26(38)19(14-32-18-4-10-39-11-5-18)17-2-3-20(21(28)13-17)27(29,30)31/h2-3,13,15-16,18-19,22,32,37H,4-12,14H2,1H3/t16-,19?,22-/m1/s1. The van der Waals surface area contributed by atoms with Crippen LogP contribution in [0, 0.1) is 5.82 Å². The molecule has 2 fully saturated rings. The number of rotatable bonds is 6. The summed E-state index contributed by atoms with van der Waals surface area (Å²) in [6, 6.07) is 2.86. The maximum atomic E-state index is 14.5. The molecule has 3 atom stereocenters. The van der Waals surface area contributed by atoms with Crippen molar-refractivity contribution in [3.05, 3.63) is 52.7 Å². The number of ether oxygens (including phenoxy) is 1. The maximum Gasteiger partial charge on any atom is 0.419 e. The Morgan fingerprint density at radius 1 is 1.18 bits per heavy atom. The lowest BCUT2D eigenvalue weighted by Gasteiger charge is -2.38. The monoisotopic (exact) mass is 551 g/mol. The van der Waals surface area contributed by atoms with Crippen molar-refractivity contribution in [2.45, 2.75) is 56.3 Å². The quantitative estimate of drug-likeness (QED) is 0.532. The molecular formula is C27H33F4N5O3. The number of fused-ring (bicyclic) bond motifs is 1. The number of hydrogen-bond acceptors (Lipinski definition) is 7. The van der Waals surface area contributed by atoms with Crippen LogP contribution in [0.5, 0.6) is 0 Å². The van der Waals surface area contributed by atoms with Gasteiger partial charge in [0, 0.05) is 57.5 Å². The minimum atomic E-state index is -4.81. The first-order valence-electron chi connectivity index (χ1n) is 13.4. The van der Waals surface area contributed by atoms with Crippen LogP contribution in [-0.2, 0) is 15.7 Å². The Morgan fingerprint density at radius 3 is 2.56 bits per heavy atom. The van der Waals surface area contributed by atoms with Crippen LogP contribution in [0.3, 0.4) is 0 Å². The van der Waals surface area contributed by atoms with Gasteiger partial charge in [-0.05, 0) is 42.9 Å². The summed E-state index contributed by atoms with van der Waals surface area (Å²) in [6.45, 7) is 5.16. The number of aliphatic hydroxyl groups is 1. The topological polar surface area (TPSA) is 90.8 Å². The second-order valence-corrected chi connectivity index (χ2v) is 10.5. The van der Waals surface area contributed by atoms with Gasteiger partial charge in [-0.3, -0.25) is 4.79 Å². The number of aliphatic hydroxyl groups excluding tert-OH is 1. The van der Waals surface area contributed by atoms with Crippen LogP contribution >= 0.6 is 0 Å². The molecular weight excluding hydrogens is 518 g/mol. The maximum absolute atomic E-state index is 14.5. The number of nitrogens with one attached hydrogen (secondary N) is 1. The Bertz CT molecular complexity index is 1180. The number of amides is 1. The van der Waals surface area contributed by atoms with Crippen molar-refractivity contribution in [2.24, 2.45) is 0 Å². The van der Waals surface area contributed by atoms with Gasteiger partial charge in [-0.2, -0.15) is 13.2 Å². The van der Waals surface area contributed by atoms with Crippen LogP contribution < -0.4 is 10.2 Å². The summed E-state index contributed by atoms with van der Waals surface area (Å²) in [6.07, 6.45) is -1.87. The number of alkyl halides is 3. The van der Waals surface area contributed by atoms with Gasteiger partial charge in [0.05, 0.1) is 23.3 Å². The number of anilines is 1. The van der Waals surface area contributed by atoms with Gasteiger partial charge in [0.2, 0.25) is 5.91 Å². The Morgan fingerprint density at radius 2 is 1.90 bits per heavy atom. The number of halogens is 4. The second kappa shape index (κ2) is 11.3. The van der Waals surface area contributed by atoms with Crippen LogP contribution in [0.25, 0.3) is 0 Å². The number of carbonyl (C=O) groups excluding carboxylic acids is 1. The molecule has 5 rings (SSSR count). The summed E-state index contributed by atoms with van der Waals surface area (Å²) in [5.74, 6) is -1.61. The SMILES string of the molecule is C[C@@H]1C[C@@H](O)c2ncnc(N3CCN(C(=O)C(CNC4CCOCC4)c4ccc(C(F)(F)F)c(F)c4)CC3)c21. The Hall–Kier alpha value is -2.83. The van der Waals surface area contributed by atoms with Gasteiger partial charge >= 0.3 is 6.18 Å². The molecule has 3 aliphatic rings. The van der Waals surface area contributed by atoms with Crippen molar-refractivity contribution in [1.82, 2.24) is 20.2 Å². The lowest BCUT2D eigenvalue weighted by atomic mass is 9.94. The first kappa shape index (κ1) is 27.7. The molecule has 0 bridgehead atoms. The molecule has 3 heterocycles. The molecule has 39 heavy (non-hydrogen) atoms. The third-order valence-corrected chi connectivity index (χ3v) is 8.00. The smallest absolute Gasteiger partial charge is 0.387 e. The first-order chi connectivity index (χ1) is 18.6. The summed E-state index contributed by atoms with van der Waals surface area (Å²) in [5, 5.41) is 13.7. The number of benzene rings is 1. The number of nitrogens with zero attached hydrogens (tertiary/aromatic N) is 4. The van der Waals surface area contributed by atoms with E-state index in [9.17, 15) is 27.5 Å². The number of aromatic nitrogens is 2. The van der Waals surface area contributed by atoms with Gasteiger partial charge < -0.3 is 25.0 Å². The van der Waals surface area contributed by atoms with E-state index in [1.54, 1.807) is 4.90 Å². The average molecular weight is 552 g/mol. The molecule has 0 saturated carbocycles. The predicted octanol–water partition coefficient (Wildman–Crippen LogP) is 3.38. The van der Waals surface area contributed by atoms with Crippen LogP contribution in [0.2, 0.25) is 0 Å². The lowest BCUT2D eigenvalue weighted by molar-refractivity contribution is -0.140. The van der Waals surface area contributed by atoms with E-state index in [4.69, 9.17) is 4.74 Å². The van der Waals surface area contributed by atoms with Crippen molar-refractivity contribution in [3.63, 3.8) is 0 Å². The van der Waals surface area contributed by atoms with E-state index in [1.165, 1.54) is 12.4 Å². The molecule has 12 heteroatoms. The molecule has 8 nitrogen and oxygen atoms in total. The largest absolute Gasteiger partial charge is 0.419 e. The Labute approximate surface area is 224 Å². The fourth-order valence-electron chi connectivity index (χ4n) is 5.83. The summed E-state index contributed by atoms with van der Waals surface area (Å²) >= 11 is 0. The van der Waals surface area contributed by atoms with E-state index in [2.05, 4.69) is 20.2 Å². The second-order valence-electron chi connectivity index (χ2n) is 10.5. The zero-order chi connectivity index (χ0) is 27.7. The Balaban J connectivity index is 1.32. The highest BCUT2D eigenvalue weighted by molar-refractivity contribution is 5.84. The van der Waals surface area contributed by atoms with E-state index < -0.39 is 29.6 Å². The summed E-state index contributed by atoms with van der Waals surface area (Å²) in [5.41, 5.74) is 0.447. The van der Waals surface area contributed by atoms with Crippen molar-refractivity contribution >= 4 is 11.7 Å². The molecule has 1 aromatic heterocycles.